The van der Waals surface area contributed by atoms with E-state index in [-0.39, 0.29) is 18.5 Å². The fraction of sp³-hybridized carbons (Fsp3) is 0.733. The average molecular weight is 325 g/mol. The number of ether oxygens (including phenoxy) is 1. The Kier molecular flexibility index (Phi) is 5.70. The van der Waals surface area contributed by atoms with E-state index in [4.69, 9.17) is 4.74 Å². The van der Waals surface area contributed by atoms with Crippen molar-refractivity contribution >= 4 is 23.8 Å². The number of hydrogen-bond donors (Lipinski definition) is 1. The van der Waals surface area contributed by atoms with E-state index in [9.17, 15) is 19.2 Å². The second kappa shape index (κ2) is 7.54. The molecular formula is C15H23N3O5. The second-order valence-electron chi connectivity index (χ2n) is 6.02. The normalized spacial score (nSPS) is 25.2. The first-order valence-electron chi connectivity index (χ1n) is 7.92. The molecule has 0 bridgehead atoms. The monoisotopic (exact) mass is 325 g/mol. The van der Waals surface area contributed by atoms with Gasteiger partial charge in [-0.3, -0.25) is 19.3 Å². The number of imide groups is 2. The lowest BCUT2D eigenvalue weighted by Crippen LogP contribution is -2.47. The van der Waals surface area contributed by atoms with Crippen molar-refractivity contribution in [3.05, 3.63) is 0 Å². The smallest absolute Gasteiger partial charge is 0.334 e. The predicted octanol–water partition coefficient (Wildman–Crippen LogP) is 0.119. The van der Waals surface area contributed by atoms with E-state index in [0.717, 1.165) is 29.1 Å². The van der Waals surface area contributed by atoms with Crippen LogP contribution in [0, 0.1) is 5.92 Å². The molecule has 8 heteroatoms. The quantitative estimate of drug-likeness (QED) is 0.425. The highest BCUT2D eigenvalue weighted by Crippen LogP contribution is 2.31. The first-order valence-corrected chi connectivity index (χ1v) is 7.92. The number of methoxy groups -OCH3 is 1. The van der Waals surface area contributed by atoms with Crippen LogP contribution in [0.3, 0.4) is 0 Å². The van der Waals surface area contributed by atoms with Gasteiger partial charge < -0.3 is 10.1 Å². The molecule has 5 amide bonds. The van der Waals surface area contributed by atoms with Gasteiger partial charge in [0.25, 0.3) is 0 Å². The summed E-state index contributed by atoms with van der Waals surface area (Å²) in [5.41, 5.74) is 0. The number of rotatable bonds is 6. The van der Waals surface area contributed by atoms with Crippen LogP contribution in [0.15, 0.2) is 0 Å². The van der Waals surface area contributed by atoms with Gasteiger partial charge in [0.15, 0.2) is 0 Å². The van der Waals surface area contributed by atoms with E-state index in [0.29, 0.717) is 13.0 Å². The molecule has 2 fully saturated rings. The van der Waals surface area contributed by atoms with Gasteiger partial charge in [-0.2, -0.15) is 0 Å². The molecule has 0 spiro atoms. The van der Waals surface area contributed by atoms with Crippen LogP contribution in [0.2, 0.25) is 0 Å². The zero-order valence-electron chi connectivity index (χ0n) is 13.5. The van der Waals surface area contributed by atoms with Gasteiger partial charge in [-0.25, -0.2) is 9.69 Å². The van der Waals surface area contributed by atoms with Gasteiger partial charge in [0.05, 0.1) is 6.61 Å². The average Bonchev–Trinajstić information content (AvgIpc) is 2.72. The summed E-state index contributed by atoms with van der Waals surface area (Å²) in [6, 6.07) is -0.935. The topological polar surface area (TPSA) is 96.0 Å². The molecule has 128 valence electrons. The van der Waals surface area contributed by atoms with Crippen LogP contribution in [0.4, 0.5) is 4.79 Å². The van der Waals surface area contributed by atoms with Gasteiger partial charge >= 0.3 is 17.8 Å². The number of nitrogens with one attached hydrogen (secondary N) is 1. The van der Waals surface area contributed by atoms with E-state index < -0.39 is 30.3 Å². The minimum Gasteiger partial charge on any atom is -0.383 e. The summed E-state index contributed by atoms with van der Waals surface area (Å²) in [5, 5.41) is 2.53. The maximum atomic E-state index is 12.4. The number of carbonyl (C=O) groups excluding carboxylic acids is 4. The molecule has 1 N–H and O–H groups in total. The molecule has 2 rings (SSSR count). The van der Waals surface area contributed by atoms with Crippen molar-refractivity contribution in [3.8, 4) is 0 Å². The molecule has 2 atom stereocenters. The molecule has 0 unspecified atom stereocenters. The van der Waals surface area contributed by atoms with Gasteiger partial charge in [0.2, 0.25) is 5.91 Å². The lowest BCUT2D eigenvalue weighted by molar-refractivity contribution is -0.145. The zero-order chi connectivity index (χ0) is 17.0. The summed E-state index contributed by atoms with van der Waals surface area (Å²) in [5.74, 6) is -2.07. The largest absolute Gasteiger partial charge is 0.383 e. The van der Waals surface area contributed by atoms with Gasteiger partial charge in [-0.15, -0.1) is 0 Å². The molecule has 1 heterocycles. The van der Waals surface area contributed by atoms with Gasteiger partial charge in [0.1, 0.15) is 6.54 Å². The molecule has 1 aliphatic heterocycles. The lowest BCUT2D eigenvalue weighted by Gasteiger charge is -2.34. The fourth-order valence-corrected chi connectivity index (χ4v) is 3.13. The Labute approximate surface area is 135 Å². The van der Waals surface area contributed by atoms with Crippen LogP contribution < -0.4 is 5.32 Å². The van der Waals surface area contributed by atoms with Crippen molar-refractivity contribution in [3.63, 3.8) is 0 Å². The summed E-state index contributed by atoms with van der Waals surface area (Å²) >= 11 is 0. The van der Waals surface area contributed by atoms with Gasteiger partial charge in [-0.05, 0) is 18.8 Å². The Balaban J connectivity index is 2.02. The van der Waals surface area contributed by atoms with Crippen molar-refractivity contribution in [1.29, 1.82) is 0 Å². The highest BCUT2D eigenvalue weighted by atomic mass is 16.5. The van der Waals surface area contributed by atoms with Crippen LogP contribution in [-0.2, 0) is 19.1 Å². The molecule has 8 nitrogen and oxygen atoms in total. The van der Waals surface area contributed by atoms with Crippen LogP contribution >= 0.6 is 0 Å². The standard InChI is InChI=1S/C15H23N3O5/c1-10-5-3-4-6-11(10)18-14(21)13(20)17(15(18)22)9-12(19)16-7-8-23-2/h10-11H,3-9H2,1-2H3,(H,16,19)/t10-,11-/m1/s1. The van der Waals surface area contributed by atoms with E-state index in [1.807, 2.05) is 6.92 Å². The van der Waals surface area contributed by atoms with Crippen molar-refractivity contribution in [2.45, 2.75) is 38.6 Å². The third-order valence-corrected chi connectivity index (χ3v) is 4.41. The third kappa shape index (κ3) is 3.69. The SMILES string of the molecule is COCCNC(=O)CN1C(=O)C(=O)N([C@@H]2CCCC[C@H]2C)C1=O. The summed E-state index contributed by atoms with van der Waals surface area (Å²) in [4.78, 5) is 50.2. The number of nitrogens with zero attached hydrogens (tertiary/aromatic N) is 2. The van der Waals surface area contributed by atoms with E-state index >= 15 is 0 Å². The third-order valence-electron chi connectivity index (χ3n) is 4.41. The Morgan fingerprint density at radius 3 is 2.57 bits per heavy atom. The minimum atomic E-state index is -0.922. The Bertz CT molecular complexity index is 507. The number of amides is 5. The Morgan fingerprint density at radius 1 is 1.22 bits per heavy atom. The van der Waals surface area contributed by atoms with Gasteiger partial charge in [0, 0.05) is 19.7 Å². The number of urea groups is 1. The molecule has 0 aromatic heterocycles. The van der Waals surface area contributed by atoms with Crippen molar-refractivity contribution in [1.82, 2.24) is 15.1 Å². The Hall–Kier alpha value is -1.96. The summed E-state index contributed by atoms with van der Waals surface area (Å²) in [6.07, 6.45) is 3.62. The maximum absolute atomic E-state index is 12.4. The molecule has 1 saturated carbocycles. The lowest BCUT2D eigenvalue weighted by atomic mass is 9.85. The number of carbonyl (C=O) groups is 4. The molecule has 23 heavy (non-hydrogen) atoms. The zero-order valence-corrected chi connectivity index (χ0v) is 13.5. The maximum Gasteiger partial charge on any atom is 0.334 e. The summed E-state index contributed by atoms with van der Waals surface area (Å²) in [7, 11) is 1.50. The molecule has 0 radical (unpaired) electrons. The van der Waals surface area contributed by atoms with Gasteiger partial charge in [-0.1, -0.05) is 19.8 Å². The van der Waals surface area contributed by atoms with Crippen molar-refractivity contribution in [2.75, 3.05) is 26.8 Å². The molecule has 1 aliphatic carbocycles. The van der Waals surface area contributed by atoms with Crippen LogP contribution in [0.25, 0.3) is 0 Å². The van der Waals surface area contributed by atoms with E-state index in [1.54, 1.807) is 0 Å². The fourth-order valence-electron chi connectivity index (χ4n) is 3.13. The van der Waals surface area contributed by atoms with E-state index in [2.05, 4.69) is 5.32 Å². The molecule has 1 saturated heterocycles. The first kappa shape index (κ1) is 17.4. The first-order chi connectivity index (χ1) is 11.0. The molecule has 0 aromatic rings. The minimum absolute atomic E-state index is 0.167. The molecule has 2 aliphatic rings. The second-order valence-corrected chi connectivity index (χ2v) is 6.02. The van der Waals surface area contributed by atoms with Crippen molar-refractivity contribution < 1.29 is 23.9 Å². The van der Waals surface area contributed by atoms with E-state index in [1.165, 1.54) is 7.11 Å². The Morgan fingerprint density at radius 2 is 1.91 bits per heavy atom. The highest BCUT2D eigenvalue weighted by molar-refractivity contribution is 6.45. The predicted molar refractivity (Wildman–Crippen MR) is 80.3 cm³/mol. The molecular weight excluding hydrogens is 302 g/mol. The van der Waals surface area contributed by atoms with Crippen LogP contribution in [0.5, 0.6) is 0 Å². The number of hydrogen-bond acceptors (Lipinski definition) is 5. The van der Waals surface area contributed by atoms with Crippen LogP contribution in [-0.4, -0.2) is 66.4 Å². The van der Waals surface area contributed by atoms with Crippen molar-refractivity contribution in [2.24, 2.45) is 5.92 Å². The summed E-state index contributed by atoms with van der Waals surface area (Å²) in [6.45, 7) is 2.15. The van der Waals surface area contributed by atoms with Crippen LogP contribution in [0.1, 0.15) is 32.6 Å². The molecule has 0 aromatic carbocycles. The highest BCUT2D eigenvalue weighted by Gasteiger charge is 2.49. The summed E-state index contributed by atoms with van der Waals surface area (Å²) < 4.78 is 4.81.